The number of rotatable bonds is 6. The van der Waals surface area contributed by atoms with E-state index in [0.717, 1.165) is 42.7 Å². The summed E-state index contributed by atoms with van der Waals surface area (Å²) in [6, 6.07) is 15.6. The van der Waals surface area contributed by atoms with Crippen molar-refractivity contribution in [3.63, 3.8) is 0 Å². The van der Waals surface area contributed by atoms with Gasteiger partial charge in [-0.05, 0) is 74.7 Å². The molecular weight excluding hydrogens is 398 g/mol. The molecule has 5 heteroatoms. The molecular formula is C25H30ClNO3. The number of benzene rings is 2. The number of carbonyl (C=O) groups is 1. The van der Waals surface area contributed by atoms with Crippen LogP contribution in [0.15, 0.2) is 54.1 Å². The number of methoxy groups -OCH3 is 2. The van der Waals surface area contributed by atoms with Gasteiger partial charge in [0.05, 0.1) is 24.7 Å². The molecule has 2 unspecified atom stereocenters. The van der Waals surface area contributed by atoms with Gasteiger partial charge in [-0.1, -0.05) is 35.9 Å². The van der Waals surface area contributed by atoms with E-state index in [0.29, 0.717) is 11.5 Å². The van der Waals surface area contributed by atoms with Gasteiger partial charge >= 0.3 is 5.97 Å². The highest BCUT2D eigenvalue weighted by molar-refractivity contribution is 6.24. The SMILES string of the molecule is COC(=O)c1cccc(/C=C2\CCC(CN(C)C)C(Cl)(c3cccc(OC)c3)C2)c1. The average Bonchev–Trinajstić information content (AvgIpc) is 2.75. The largest absolute Gasteiger partial charge is 0.497 e. The van der Waals surface area contributed by atoms with Gasteiger partial charge in [0.25, 0.3) is 0 Å². The molecule has 0 aromatic heterocycles. The average molecular weight is 428 g/mol. The number of carbonyl (C=O) groups excluding carboxylic acids is 1. The molecule has 1 aliphatic carbocycles. The summed E-state index contributed by atoms with van der Waals surface area (Å²) in [6.07, 6.45) is 4.90. The van der Waals surface area contributed by atoms with Crippen LogP contribution < -0.4 is 4.74 Å². The molecule has 0 saturated heterocycles. The number of hydrogen-bond acceptors (Lipinski definition) is 4. The number of nitrogens with zero attached hydrogens (tertiary/aromatic N) is 1. The summed E-state index contributed by atoms with van der Waals surface area (Å²) in [6.45, 7) is 0.922. The van der Waals surface area contributed by atoms with E-state index in [1.165, 1.54) is 12.7 Å². The highest BCUT2D eigenvalue weighted by Gasteiger charge is 2.42. The van der Waals surface area contributed by atoms with Crippen LogP contribution in [0.3, 0.4) is 0 Å². The molecule has 160 valence electrons. The van der Waals surface area contributed by atoms with Crippen LogP contribution in [0.4, 0.5) is 0 Å². The molecule has 0 bridgehead atoms. The van der Waals surface area contributed by atoms with Crippen LogP contribution in [0.25, 0.3) is 6.08 Å². The fourth-order valence-corrected chi connectivity index (χ4v) is 4.75. The van der Waals surface area contributed by atoms with Crippen molar-refractivity contribution in [3.05, 3.63) is 70.8 Å². The van der Waals surface area contributed by atoms with Gasteiger partial charge in [-0.25, -0.2) is 4.79 Å². The Morgan fingerprint density at radius 3 is 2.67 bits per heavy atom. The Labute approximate surface area is 184 Å². The number of alkyl halides is 1. The van der Waals surface area contributed by atoms with Crippen molar-refractivity contribution < 1.29 is 14.3 Å². The second-order valence-electron chi connectivity index (χ2n) is 8.19. The second-order valence-corrected chi connectivity index (χ2v) is 8.86. The van der Waals surface area contributed by atoms with E-state index < -0.39 is 4.87 Å². The van der Waals surface area contributed by atoms with Gasteiger partial charge in [0, 0.05) is 6.54 Å². The fourth-order valence-electron chi connectivity index (χ4n) is 4.28. The first kappa shape index (κ1) is 22.4. The molecule has 0 heterocycles. The van der Waals surface area contributed by atoms with E-state index in [1.807, 2.05) is 30.3 Å². The predicted octanol–water partition coefficient (Wildman–Crippen LogP) is 5.36. The Bertz CT molecular complexity index is 924. The molecule has 1 saturated carbocycles. The monoisotopic (exact) mass is 427 g/mol. The van der Waals surface area contributed by atoms with Gasteiger partial charge in [0.15, 0.2) is 0 Å². The van der Waals surface area contributed by atoms with Crippen molar-refractivity contribution in [2.24, 2.45) is 5.92 Å². The third-order valence-electron chi connectivity index (χ3n) is 5.76. The molecule has 0 spiro atoms. The Morgan fingerprint density at radius 1 is 1.20 bits per heavy atom. The summed E-state index contributed by atoms with van der Waals surface area (Å²) in [5, 5.41) is 0. The van der Waals surface area contributed by atoms with Crippen LogP contribution in [0.2, 0.25) is 0 Å². The van der Waals surface area contributed by atoms with E-state index in [1.54, 1.807) is 13.2 Å². The lowest BCUT2D eigenvalue weighted by atomic mass is 9.72. The van der Waals surface area contributed by atoms with Crippen LogP contribution in [0.5, 0.6) is 5.75 Å². The first-order chi connectivity index (χ1) is 14.4. The molecule has 2 atom stereocenters. The van der Waals surface area contributed by atoms with Crippen LogP contribution in [-0.4, -0.2) is 45.7 Å². The molecule has 30 heavy (non-hydrogen) atoms. The van der Waals surface area contributed by atoms with Crippen LogP contribution >= 0.6 is 11.6 Å². The molecule has 0 N–H and O–H groups in total. The first-order valence-electron chi connectivity index (χ1n) is 10.2. The minimum atomic E-state index is -0.511. The number of allylic oxidation sites excluding steroid dienone is 1. The minimum Gasteiger partial charge on any atom is -0.497 e. The van der Waals surface area contributed by atoms with Crippen molar-refractivity contribution >= 4 is 23.6 Å². The number of ether oxygens (including phenoxy) is 2. The molecule has 2 aromatic carbocycles. The summed E-state index contributed by atoms with van der Waals surface area (Å²) in [5.74, 6) is 0.811. The zero-order chi connectivity index (χ0) is 21.7. The summed E-state index contributed by atoms with van der Waals surface area (Å²) in [4.78, 5) is 13.6. The molecule has 0 amide bonds. The summed E-state index contributed by atoms with van der Waals surface area (Å²) in [7, 11) is 7.26. The second kappa shape index (κ2) is 9.67. The number of hydrogen-bond donors (Lipinski definition) is 0. The third kappa shape index (κ3) is 5.05. The van der Waals surface area contributed by atoms with Crippen molar-refractivity contribution in [1.29, 1.82) is 0 Å². The lowest BCUT2D eigenvalue weighted by Gasteiger charge is -2.42. The van der Waals surface area contributed by atoms with E-state index in [4.69, 9.17) is 21.1 Å². The van der Waals surface area contributed by atoms with Gasteiger partial charge in [-0.15, -0.1) is 11.6 Å². The van der Waals surface area contributed by atoms with Gasteiger partial charge < -0.3 is 14.4 Å². The molecule has 1 aliphatic rings. The maximum absolute atomic E-state index is 11.9. The van der Waals surface area contributed by atoms with Crippen molar-refractivity contribution in [1.82, 2.24) is 4.90 Å². The predicted molar refractivity (Wildman–Crippen MR) is 122 cm³/mol. The summed E-state index contributed by atoms with van der Waals surface area (Å²) in [5.41, 5.74) is 3.91. The Morgan fingerprint density at radius 2 is 1.97 bits per heavy atom. The zero-order valence-corrected chi connectivity index (χ0v) is 18.9. The maximum Gasteiger partial charge on any atom is 0.337 e. The molecule has 3 rings (SSSR count). The Kier molecular flexibility index (Phi) is 7.22. The normalized spacial score (nSPS) is 22.9. The fraction of sp³-hybridized carbons (Fsp3) is 0.400. The van der Waals surface area contributed by atoms with Crippen molar-refractivity contribution in [2.45, 2.75) is 24.1 Å². The maximum atomic E-state index is 11.9. The van der Waals surface area contributed by atoms with Gasteiger partial charge in [0.2, 0.25) is 0 Å². The quantitative estimate of drug-likeness (QED) is 0.459. The number of halogens is 1. The van der Waals surface area contributed by atoms with E-state index in [-0.39, 0.29) is 5.97 Å². The van der Waals surface area contributed by atoms with Crippen LogP contribution in [0.1, 0.15) is 40.7 Å². The molecule has 2 aromatic rings. The minimum absolute atomic E-state index is 0.319. The van der Waals surface area contributed by atoms with Crippen LogP contribution in [0, 0.1) is 5.92 Å². The zero-order valence-electron chi connectivity index (χ0n) is 18.2. The Balaban J connectivity index is 1.95. The Hall–Kier alpha value is -2.30. The van der Waals surface area contributed by atoms with E-state index >= 15 is 0 Å². The molecule has 4 nitrogen and oxygen atoms in total. The summed E-state index contributed by atoms with van der Waals surface area (Å²) >= 11 is 7.41. The third-order valence-corrected chi connectivity index (χ3v) is 6.42. The van der Waals surface area contributed by atoms with Gasteiger partial charge in [-0.3, -0.25) is 0 Å². The van der Waals surface area contributed by atoms with Gasteiger partial charge in [0.1, 0.15) is 5.75 Å². The lowest BCUT2D eigenvalue weighted by molar-refractivity contribution is 0.0600. The standard InChI is InChI=1S/C25H30ClNO3/c1-27(2)17-22-12-11-19(13-18-7-5-8-20(14-18)24(28)30-4)16-25(22,26)21-9-6-10-23(15-21)29-3/h5-10,13-15,22H,11-12,16-17H2,1-4H3/b19-13+. The molecule has 1 fully saturated rings. The topological polar surface area (TPSA) is 38.8 Å². The molecule has 0 aliphatic heterocycles. The molecule has 0 radical (unpaired) electrons. The first-order valence-corrected chi connectivity index (χ1v) is 10.6. The number of esters is 1. The van der Waals surface area contributed by atoms with Crippen LogP contribution in [-0.2, 0) is 9.61 Å². The van der Waals surface area contributed by atoms with E-state index in [2.05, 4.69) is 37.2 Å². The van der Waals surface area contributed by atoms with E-state index in [9.17, 15) is 4.79 Å². The van der Waals surface area contributed by atoms with Crippen molar-refractivity contribution in [3.8, 4) is 5.75 Å². The highest BCUT2D eigenvalue weighted by atomic mass is 35.5. The highest BCUT2D eigenvalue weighted by Crippen LogP contribution is 2.50. The smallest absolute Gasteiger partial charge is 0.337 e. The lowest BCUT2D eigenvalue weighted by Crippen LogP contribution is -2.39. The summed E-state index contributed by atoms with van der Waals surface area (Å²) < 4.78 is 10.3. The van der Waals surface area contributed by atoms with Gasteiger partial charge in [-0.2, -0.15) is 0 Å². The van der Waals surface area contributed by atoms with Crippen molar-refractivity contribution in [2.75, 3.05) is 34.9 Å².